The molecule has 0 radical (unpaired) electrons. The van der Waals surface area contributed by atoms with Gasteiger partial charge in [0.2, 0.25) is 11.8 Å². The lowest BCUT2D eigenvalue weighted by molar-refractivity contribution is -0.122. The van der Waals surface area contributed by atoms with Crippen LogP contribution in [0.4, 0.5) is 0 Å². The van der Waals surface area contributed by atoms with Gasteiger partial charge in [-0.2, -0.15) is 10.2 Å². The quantitative estimate of drug-likeness (QED) is 0.234. The summed E-state index contributed by atoms with van der Waals surface area (Å²) in [4.78, 5) is 23.7. The number of carbonyl (C=O) groups is 2. The maximum atomic E-state index is 11.9. The van der Waals surface area contributed by atoms with Crippen LogP contribution >= 0.6 is 0 Å². The minimum atomic E-state index is -0.0208. The Morgan fingerprint density at radius 2 is 1.17 bits per heavy atom. The Bertz CT molecular complexity index is 679. The zero-order valence-electron chi connectivity index (χ0n) is 17.7. The molecule has 0 aliphatic heterocycles. The molecule has 30 heavy (non-hydrogen) atoms. The van der Waals surface area contributed by atoms with Crippen molar-refractivity contribution in [2.45, 2.75) is 64.2 Å². The summed E-state index contributed by atoms with van der Waals surface area (Å²) in [5.41, 5.74) is 5.31. The van der Waals surface area contributed by atoms with Crippen LogP contribution < -0.4 is 10.9 Å². The third-order valence-corrected chi connectivity index (χ3v) is 7.13. The van der Waals surface area contributed by atoms with Crippen molar-refractivity contribution in [3.8, 4) is 0 Å². The minimum absolute atomic E-state index is 0.0208. The number of hydrogen-bond donors (Lipinski definition) is 2. The van der Waals surface area contributed by atoms with Crippen LogP contribution in [0.3, 0.4) is 0 Å². The van der Waals surface area contributed by atoms with Gasteiger partial charge in [0.1, 0.15) is 0 Å². The molecular formula is C24H34N4O2. The van der Waals surface area contributed by atoms with Gasteiger partial charge in [-0.1, -0.05) is 37.1 Å². The summed E-state index contributed by atoms with van der Waals surface area (Å²) in [6.07, 6.45) is 22.4. The van der Waals surface area contributed by atoms with E-state index in [4.69, 9.17) is 0 Å². The maximum Gasteiger partial charge on any atom is 0.240 e. The highest BCUT2D eigenvalue weighted by molar-refractivity contribution is 5.77. The predicted molar refractivity (Wildman–Crippen MR) is 119 cm³/mol. The second-order valence-corrected chi connectivity index (χ2v) is 9.43. The molecule has 0 saturated heterocycles. The van der Waals surface area contributed by atoms with Crippen molar-refractivity contribution in [1.29, 1.82) is 0 Å². The molecule has 2 fully saturated rings. The van der Waals surface area contributed by atoms with Gasteiger partial charge in [-0.25, -0.2) is 10.9 Å². The predicted octanol–water partition coefficient (Wildman–Crippen LogP) is 3.96. The summed E-state index contributed by atoms with van der Waals surface area (Å²) in [6, 6.07) is 0. The minimum Gasteiger partial charge on any atom is -0.273 e. The van der Waals surface area contributed by atoms with Crippen LogP contribution in [0.1, 0.15) is 64.2 Å². The largest absolute Gasteiger partial charge is 0.273 e. The van der Waals surface area contributed by atoms with Crippen molar-refractivity contribution in [3.05, 3.63) is 24.3 Å². The number of allylic oxidation sites excluding steroid dienone is 4. The smallest absolute Gasteiger partial charge is 0.240 e. The summed E-state index contributed by atoms with van der Waals surface area (Å²) in [5.74, 6) is 3.61. The van der Waals surface area contributed by atoms with Crippen LogP contribution in [0, 0.1) is 35.5 Å². The first-order valence-electron chi connectivity index (χ1n) is 11.7. The number of rotatable bonds is 11. The average molecular weight is 411 g/mol. The van der Waals surface area contributed by atoms with E-state index in [1.165, 1.54) is 25.7 Å². The third kappa shape index (κ3) is 5.67. The van der Waals surface area contributed by atoms with E-state index in [0.29, 0.717) is 36.5 Å². The lowest BCUT2D eigenvalue weighted by Crippen LogP contribution is -2.19. The van der Waals surface area contributed by atoms with Gasteiger partial charge in [0.15, 0.2) is 0 Å². The average Bonchev–Trinajstić information content (AvgIpc) is 3.52. The highest BCUT2D eigenvalue weighted by atomic mass is 16.2. The number of amides is 2. The molecule has 0 aromatic heterocycles. The molecule has 2 amide bonds. The Kier molecular flexibility index (Phi) is 7.13. The molecule has 2 N–H and O–H groups in total. The molecule has 0 unspecified atom stereocenters. The second-order valence-electron chi connectivity index (χ2n) is 9.43. The molecule has 4 aliphatic carbocycles. The maximum absolute atomic E-state index is 11.9. The summed E-state index contributed by atoms with van der Waals surface area (Å²) in [5, 5.41) is 8.30. The number of nitrogens with zero attached hydrogens (tertiary/aromatic N) is 2. The Labute approximate surface area is 179 Å². The van der Waals surface area contributed by atoms with Crippen molar-refractivity contribution in [2.24, 2.45) is 45.7 Å². The first kappa shape index (κ1) is 21.0. The van der Waals surface area contributed by atoms with E-state index in [0.717, 1.165) is 37.5 Å². The van der Waals surface area contributed by atoms with E-state index in [2.05, 4.69) is 45.4 Å². The monoisotopic (exact) mass is 410 g/mol. The van der Waals surface area contributed by atoms with E-state index in [1.54, 1.807) is 0 Å². The Hall–Kier alpha value is -2.24. The molecule has 4 bridgehead atoms. The van der Waals surface area contributed by atoms with Crippen LogP contribution in [-0.2, 0) is 9.59 Å². The Morgan fingerprint density at radius 1 is 0.700 bits per heavy atom. The third-order valence-electron chi connectivity index (χ3n) is 7.13. The van der Waals surface area contributed by atoms with Crippen molar-refractivity contribution in [1.82, 2.24) is 10.9 Å². The van der Waals surface area contributed by atoms with Crippen LogP contribution in [0.5, 0.6) is 0 Å². The zero-order valence-corrected chi connectivity index (χ0v) is 17.7. The number of hydrazone groups is 2. The van der Waals surface area contributed by atoms with Gasteiger partial charge in [-0.15, -0.1) is 0 Å². The highest BCUT2D eigenvalue weighted by Crippen LogP contribution is 2.43. The molecule has 6 nitrogen and oxygen atoms in total. The standard InChI is InChI=1S/C24H34N4O2/c29-23(27-25-15-21-13-17-7-9-19(21)11-17)5-3-1-2-4-6-24(30)28-26-16-22-14-18-8-10-20(22)12-18/h7-10,15-22H,1-6,11-14H2,(H,27,29)(H,28,30)/b25-15-,26-16-/t17-,18-,19-,20+,21-,22-/m1/s1. The van der Waals surface area contributed by atoms with E-state index in [-0.39, 0.29) is 11.8 Å². The lowest BCUT2D eigenvalue weighted by Gasteiger charge is -2.12. The SMILES string of the molecule is O=C(CCCCCCC(=O)N/N=C\[C@H]1C[C@@H]2C=C[C@H]1C2)N/N=C\[C@H]1C[C@@H]2C=C[C@@H]1C2. The Balaban J connectivity index is 0.981. The van der Waals surface area contributed by atoms with E-state index < -0.39 is 0 Å². The number of carbonyl (C=O) groups excluding carboxylic acids is 2. The summed E-state index contributed by atoms with van der Waals surface area (Å²) in [6.45, 7) is 0. The Morgan fingerprint density at radius 3 is 1.53 bits per heavy atom. The molecule has 0 aromatic rings. The molecular weight excluding hydrogens is 376 g/mol. The van der Waals surface area contributed by atoms with Crippen LogP contribution in [-0.4, -0.2) is 24.2 Å². The molecule has 0 heterocycles. The summed E-state index contributed by atoms with van der Waals surface area (Å²) >= 11 is 0. The van der Waals surface area contributed by atoms with Crippen molar-refractivity contribution < 1.29 is 9.59 Å². The van der Waals surface area contributed by atoms with Gasteiger partial charge >= 0.3 is 0 Å². The van der Waals surface area contributed by atoms with Gasteiger partial charge < -0.3 is 0 Å². The molecule has 4 rings (SSSR count). The van der Waals surface area contributed by atoms with Crippen LogP contribution in [0.15, 0.2) is 34.5 Å². The van der Waals surface area contributed by atoms with Gasteiger partial charge in [0.25, 0.3) is 0 Å². The zero-order chi connectivity index (χ0) is 20.8. The fourth-order valence-corrected chi connectivity index (χ4v) is 5.44. The number of fused-ring (bicyclic) bond motifs is 4. The molecule has 6 heteroatoms. The summed E-state index contributed by atoms with van der Waals surface area (Å²) in [7, 11) is 0. The van der Waals surface area contributed by atoms with E-state index in [9.17, 15) is 9.59 Å². The van der Waals surface area contributed by atoms with Crippen molar-refractivity contribution in [2.75, 3.05) is 0 Å². The highest BCUT2D eigenvalue weighted by Gasteiger charge is 2.35. The normalized spacial score (nSPS) is 33.3. The van der Waals surface area contributed by atoms with Gasteiger partial charge in [0, 0.05) is 37.1 Å². The van der Waals surface area contributed by atoms with Crippen molar-refractivity contribution >= 4 is 24.2 Å². The first-order valence-corrected chi connectivity index (χ1v) is 11.7. The van der Waals surface area contributed by atoms with Gasteiger partial charge in [0.05, 0.1) is 0 Å². The number of hydrogen-bond acceptors (Lipinski definition) is 4. The molecule has 0 aromatic carbocycles. The molecule has 4 aliphatic rings. The molecule has 0 spiro atoms. The molecule has 2 saturated carbocycles. The van der Waals surface area contributed by atoms with Gasteiger partial charge in [-0.3, -0.25) is 9.59 Å². The lowest BCUT2D eigenvalue weighted by atomic mass is 9.95. The second kappa shape index (κ2) is 10.2. The molecule has 6 atom stereocenters. The van der Waals surface area contributed by atoms with Crippen molar-refractivity contribution in [3.63, 3.8) is 0 Å². The number of unbranched alkanes of at least 4 members (excludes halogenated alkanes) is 3. The fraction of sp³-hybridized carbons (Fsp3) is 0.667. The molecule has 162 valence electrons. The number of nitrogens with one attached hydrogen (secondary N) is 2. The van der Waals surface area contributed by atoms with Crippen LogP contribution in [0.2, 0.25) is 0 Å². The van der Waals surface area contributed by atoms with E-state index in [1.807, 2.05) is 12.4 Å². The first-order chi connectivity index (χ1) is 14.7. The summed E-state index contributed by atoms with van der Waals surface area (Å²) < 4.78 is 0. The van der Waals surface area contributed by atoms with Crippen LogP contribution in [0.25, 0.3) is 0 Å². The van der Waals surface area contributed by atoms with Gasteiger partial charge in [-0.05, 0) is 62.2 Å². The topological polar surface area (TPSA) is 82.9 Å². The van der Waals surface area contributed by atoms with E-state index >= 15 is 0 Å². The fourth-order valence-electron chi connectivity index (χ4n) is 5.44.